The molecule has 6 heteroatoms. The first kappa shape index (κ1) is 18.6. The molecule has 2 aromatic rings. The predicted octanol–water partition coefficient (Wildman–Crippen LogP) is 3.27. The predicted molar refractivity (Wildman–Crippen MR) is 109 cm³/mol. The van der Waals surface area contributed by atoms with Crippen LogP contribution in [-0.2, 0) is 9.59 Å². The molecule has 30 heavy (non-hydrogen) atoms. The van der Waals surface area contributed by atoms with Crippen LogP contribution in [0.25, 0.3) is 0 Å². The van der Waals surface area contributed by atoms with Crippen molar-refractivity contribution < 1.29 is 23.9 Å². The molecule has 0 aromatic heterocycles. The van der Waals surface area contributed by atoms with Gasteiger partial charge < -0.3 is 9.47 Å². The van der Waals surface area contributed by atoms with Crippen LogP contribution in [0.15, 0.2) is 60.7 Å². The largest absolute Gasteiger partial charge is 0.497 e. The number of nitrogens with zero attached hydrogens (tertiary/aromatic N) is 1. The summed E-state index contributed by atoms with van der Waals surface area (Å²) in [6.45, 7) is -0.155. The molecule has 2 amide bonds. The van der Waals surface area contributed by atoms with Gasteiger partial charge in [0.2, 0.25) is 11.8 Å². The van der Waals surface area contributed by atoms with E-state index in [1.807, 2.05) is 0 Å². The molecule has 2 fully saturated rings. The van der Waals surface area contributed by atoms with E-state index in [0.29, 0.717) is 22.7 Å². The highest BCUT2D eigenvalue weighted by molar-refractivity contribution is 6.22. The normalized spacial score (nSPS) is 26.2. The third kappa shape index (κ3) is 2.91. The fourth-order valence-electron chi connectivity index (χ4n) is 4.90. The SMILES string of the molecule is COc1cccc(C(=O)COc2cccc(N3C(=O)[C@@H]4[C@H](C3=O)[C@H]3C=C[C@@H]4C3)c2)c1. The molecule has 0 spiro atoms. The zero-order chi connectivity index (χ0) is 20.8. The van der Waals surface area contributed by atoms with Crippen LogP contribution in [-0.4, -0.2) is 31.3 Å². The van der Waals surface area contributed by atoms with Gasteiger partial charge in [-0.25, -0.2) is 4.90 Å². The Morgan fingerprint density at radius 2 is 1.63 bits per heavy atom. The molecule has 3 aliphatic rings. The number of fused-ring (bicyclic) bond motifs is 5. The molecule has 0 N–H and O–H groups in total. The number of hydrogen-bond donors (Lipinski definition) is 0. The van der Waals surface area contributed by atoms with Crippen LogP contribution in [0.3, 0.4) is 0 Å². The lowest BCUT2D eigenvalue weighted by Gasteiger charge is -2.18. The van der Waals surface area contributed by atoms with E-state index in [9.17, 15) is 14.4 Å². The quantitative estimate of drug-likeness (QED) is 0.421. The first-order valence-corrected chi connectivity index (χ1v) is 10.0. The Morgan fingerprint density at radius 3 is 2.33 bits per heavy atom. The second-order valence-electron chi connectivity index (χ2n) is 7.95. The van der Waals surface area contributed by atoms with E-state index in [2.05, 4.69) is 12.2 Å². The maximum atomic E-state index is 13.0. The molecule has 0 unspecified atom stereocenters. The molecular formula is C24H21NO5. The molecule has 5 rings (SSSR count). The van der Waals surface area contributed by atoms with Crippen molar-refractivity contribution in [2.45, 2.75) is 6.42 Å². The van der Waals surface area contributed by atoms with Gasteiger partial charge in [-0.3, -0.25) is 14.4 Å². The Hall–Kier alpha value is -3.41. The fourth-order valence-corrected chi connectivity index (χ4v) is 4.90. The number of carbonyl (C=O) groups is 3. The Kier molecular flexibility index (Phi) is 4.42. The molecule has 1 aliphatic heterocycles. The zero-order valence-electron chi connectivity index (χ0n) is 16.5. The highest BCUT2D eigenvalue weighted by Crippen LogP contribution is 2.53. The van der Waals surface area contributed by atoms with Crippen LogP contribution in [0.4, 0.5) is 5.69 Å². The third-order valence-electron chi connectivity index (χ3n) is 6.31. The number of allylic oxidation sites excluding steroid dienone is 2. The number of ether oxygens (including phenoxy) is 2. The van der Waals surface area contributed by atoms with E-state index in [4.69, 9.17) is 9.47 Å². The van der Waals surface area contributed by atoms with Gasteiger partial charge in [0, 0.05) is 11.6 Å². The summed E-state index contributed by atoms with van der Waals surface area (Å²) in [7, 11) is 1.54. The van der Waals surface area contributed by atoms with Gasteiger partial charge in [-0.1, -0.05) is 30.4 Å². The first-order valence-electron chi connectivity index (χ1n) is 10.0. The average molecular weight is 403 g/mol. The molecule has 0 radical (unpaired) electrons. The van der Waals surface area contributed by atoms with Gasteiger partial charge in [-0.05, 0) is 42.5 Å². The number of carbonyl (C=O) groups excluding carboxylic acids is 3. The standard InChI is InChI=1S/C24H21NO5/c1-29-18-6-2-4-14(11-18)20(26)13-30-19-7-3-5-17(12-19)25-23(27)21-15-8-9-16(10-15)22(21)24(25)28/h2-9,11-12,15-16,21-22H,10,13H2,1H3/t15-,16+,21+,22-. The minimum Gasteiger partial charge on any atom is -0.497 e. The molecule has 6 nitrogen and oxygen atoms in total. The topological polar surface area (TPSA) is 72.9 Å². The van der Waals surface area contributed by atoms with Crippen molar-refractivity contribution in [3.8, 4) is 11.5 Å². The van der Waals surface area contributed by atoms with E-state index >= 15 is 0 Å². The van der Waals surface area contributed by atoms with Gasteiger partial charge in [-0.2, -0.15) is 0 Å². The summed E-state index contributed by atoms with van der Waals surface area (Å²) in [5, 5.41) is 0. The van der Waals surface area contributed by atoms with E-state index < -0.39 is 0 Å². The van der Waals surface area contributed by atoms with E-state index in [1.54, 1.807) is 55.6 Å². The fraction of sp³-hybridized carbons (Fsp3) is 0.292. The lowest BCUT2D eigenvalue weighted by molar-refractivity contribution is -0.123. The number of methoxy groups -OCH3 is 1. The van der Waals surface area contributed by atoms with Crippen LogP contribution in [0.1, 0.15) is 16.8 Å². The van der Waals surface area contributed by atoms with Crippen molar-refractivity contribution in [2.75, 3.05) is 18.6 Å². The molecule has 4 atom stereocenters. The summed E-state index contributed by atoms with van der Waals surface area (Å²) >= 11 is 0. The maximum Gasteiger partial charge on any atom is 0.238 e. The van der Waals surface area contributed by atoms with Gasteiger partial charge in [0.25, 0.3) is 0 Å². The smallest absolute Gasteiger partial charge is 0.238 e. The summed E-state index contributed by atoms with van der Waals surface area (Å²) in [5.41, 5.74) is 0.983. The molecule has 2 aliphatic carbocycles. The molecular weight excluding hydrogens is 382 g/mol. The van der Waals surface area contributed by atoms with Crippen LogP contribution in [0.2, 0.25) is 0 Å². The number of Topliss-reactive ketones (excluding diaryl/α,β-unsaturated/α-hetero) is 1. The van der Waals surface area contributed by atoms with E-state index in [-0.39, 0.29) is 47.9 Å². The highest BCUT2D eigenvalue weighted by Gasteiger charge is 2.59. The minimum atomic E-state index is -0.244. The number of benzene rings is 2. The van der Waals surface area contributed by atoms with Crippen molar-refractivity contribution in [1.29, 1.82) is 0 Å². The molecule has 152 valence electrons. The number of rotatable bonds is 6. The van der Waals surface area contributed by atoms with E-state index in [1.165, 1.54) is 4.90 Å². The lowest BCUT2D eigenvalue weighted by atomic mass is 9.85. The Morgan fingerprint density at radius 1 is 0.967 bits per heavy atom. The van der Waals surface area contributed by atoms with Crippen LogP contribution in [0.5, 0.6) is 11.5 Å². The second-order valence-corrected chi connectivity index (χ2v) is 7.95. The number of hydrogen-bond acceptors (Lipinski definition) is 5. The maximum absolute atomic E-state index is 13.0. The zero-order valence-corrected chi connectivity index (χ0v) is 16.5. The first-order chi connectivity index (χ1) is 14.6. The van der Waals surface area contributed by atoms with Crippen molar-refractivity contribution in [3.05, 3.63) is 66.2 Å². The van der Waals surface area contributed by atoms with Gasteiger partial charge >= 0.3 is 0 Å². The molecule has 1 saturated heterocycles. The monoisotopic (exact) mass is 403 g/mol. The summed E-state index contributed by atoms with van der Waals surface area (Å²) < 4.78 is 10.8. The summed E-state index contributed by atoms with van der Waals surface area (Å²) in [6, 6.07) is 13.7. The van der Waals surface area contributed by atoms with Gasteiger partial charge in [0.05, 0.1) is 24.6 Å². The summed E-state index contributed by atoms with van der Waals surface area (Å²) in [4.78, 5) is 39.7. The third-order valence-corrected chi connectivity index (χ3v) is 6.31. The lowest BCUT2D eigenvalue weighted by Crippen LogP contribution is -2.32. The van der Waals surface area contributed by atoms with Crippen LogP contribution in [0, 0.1) is 23.7 Å². The average Bonchev–Trinajstić information content (AvgIpc) is 3.46. The highest BCUT2D eigenvalue weighted by atomic mass is 16.5. The summed E-state index contributed by atoms with van der Waals surface area (Å²) in [6.07, 6.45) is 5.05. The number of anilines is 1. The Labute approximate surface area is 174 Å². The molecule has 1 saturated carbocycles. The number of ketones is 1. The molecule has 2 bridgehead atoms. The van der Waals surface area contributed by atoms with Crippen molar-refractivity contribution >= 4 is 23.3 Å². The van der Waals surface area contributed by atoms with Crippen molar-refractivity contribution in [3.63, 3.8) is 0 Å². The van der Waals surface area contributed by atoms with E-state index in [0.717, 1.165) is 6.42 Å². The molecule has 2 aromatic carbocycles. The van der Waals surface area contributed by atoms with Crippen molar-refractivity contribution in [2.24, 2.45) is 23.7 Å². The summed E-state index contributed by atoms with van der Waals surface area (Å²) in [5.74, 6) is 0.425. The second kappa shape index (κ2) is 7.13. The van der Waals surface area contributed by atoms with Gasteiger partial charge in [0.1, 0.15) is 11.5 Å². The number of amides is 2. The van der Waals surface area contributed by atoms with Crippen LogP contribution >= 0.6 is 0 Å². The van der Waals surface area contributed by atoms with Crippen molar-refractivity contribution in [1.82, 2.24) is 0 Å². The minimum absolute atomic E-state index is 0.133. The number of imide groups is 1. The molecule has 1 heterocycles. The van der Waals surface area contributed by atoms with Gasteiger partial charge in [0.15, 0.2) is 12.4 Å². The van der Waals surface area contributed by atoms with Gasteiger partial charge in [-0.15, -0.1) is 0 Å². The van der Waals surface area contributed by atoms with Crippen LogP contribution < -0.4 is 14.4 Å². The Bertz CT molecular complexity index is 1040. The Balaban J connectivity index is 1.31.